The number of fused-ring (bicyclic) bond motifs is 1. The normalized spacial score (nSPS) is 22.4. The van der Waals surface area contributed by atoms with E-state index >= 15 is 0 Å². The molecule has 0 spiro atoms. The molecule has 7 nitrogen and oxygen atoms in total. The van der Waals surface area contributed by atoms with E-state index in [0.717, 1.165) is 82.3 Å². The molecule has 150 valence electrons. The topological polar surface area (TPSA) is 49.5 Å². The Bertz CT molecular complexity index is 700. The lowest BCUT2D eigenvalue weighted by molar-refractivity contribution is -0.133. The first-order chi connectivity index (χ1) is 13.2. The molecule has 2 fully saturated rings. The fourth-order valence-electron chi connectivity index (χ4n) is 4.43. The lowest BCUT2D eigenvalue weighted by Crippen LogP contribution is -2.50. The summed E-state index contributed by atoms with van der Waals surface area (Å²) >= 11 is 5.67. The van der Waals surface area contributed by atoms with Gasteiger partial charge in [0.25, 0.3) is 0 Å². The molecule has 1 aromatic rings. The Kier molecular flexibility index (Phi) is 6.24. The molecular formula is C19H32N6OS. The number of piperazine rings is 1. The van der Waals surface area contributed by atoms with Gasteiger partial charge in [-0.1, -0.05) is 6.42 Å². The van der Waals surface area contributed by atoms with Gasteiger partial charge in [-0.25, -0.2) is 4.68 Å². The van der Waals surface area contributed by atoms with Crippen molar-refractivity contribution >= 4 is 18.1 Å². The van der Waals surface area contributed by atoms with E-state index in [9.17, 15) is 4.79 Å². The number of hydrogen-bond acceptors (Lipinski definition) is 5. The van der Waals surface area contributed by atoms with Crippen LogP contribution in [0.1, 0.15) is 44.3 Å². The van der Waals surface area contributed by atoms with Gasteiger partial charge >= 0.3 is 0 Å². The van der Waals surface area contributed by atoms with Crippen LogP contribution in [0.4, 0.5) is 0 Å². The van der Waals surface area contributed by atoms with Crippen LogP contribution in [0, 0.1) is 4.77 Å². The third kappa shape index (κ3) is 4.60. The van der Waals surface area contributed by atoms with Crippen molar-refractivity contribution in [3.63, 3.8) is 0 Å². The standard InChI is InChI=1S/C19H32N6OS/c26-18(23-8-4-2-5-9-23)15-21-11-13-22(14-12-21)16-25-19(27)24-10-6-1-3-7-17(24)20-25/h1-16H2. The smallest absolute Gasteiger partial charge is 0.236 e. The number of aryl methyl sites for hydroxylation is 1. The van der Waals surface area contributed by atoms with Gasteiger partial charge in [-0.3, -0.25) is 14.6 Å². The SMILES string of the molecule is O=C(CN1CCN(Cn2nc3n(c2=S)CCCCC3)CC1)N1CCCCC1. The van der Waals surface area contributed by atoms with Crippen molar-refractivity contribution in [2.45, 2.75) is 58.2 Å². The molecule has 4 heterocycles. The summed E-state index contributed by atoms with van der Waals surface area (Å²) in [6.07, 6.45) is 8.33. The number of nitrogens with zero attached hydrogens (tertiary/aromatic N) is 6. The Morgan fingerprint density at radius 3 is 2.30 bits per heavy atom. The largest absolute Gasteiger partial charge is 0.342 e. The Balaban J connectivity index is 1.27. The summed E-state index contributed by atoms with van der Waals surface area (Å²) in [5.41, 5.74) is 0. The highest BCUT2D eigenvalue weighted by Gasteiger charge is 2.23. The molecule has 2 saturated heterocycles. The maximum atomic E-state index is 12.5. The first-order valence-corrected chi connectivity index (χ1v) is 11.0. The van der Waals surface area contributed by atoms with E-state index in [4.69, 9.17) is 17.3 Å². The van der Waals surface area contributed by atoms with Crippen LogP contribution in [0.15, 0.2) is 0 Å². The highest BCUT2D eigenvalue weighted by molar-refractivity contribution is 7.71. The number of hydrogen-bond donors (Lipinski definition) is 0. The van der Waals surface area contributed by atoms with Crippen LogP contribution >= 0.6 is 12.2 Å². The van der Waals surface area contributed by atoms with Crippen molar-refractivity contribution in [3.05, 3.63) is 10.6 Å². The quantitative estimate of drug-likeness (QED) is 0.731. The van der Waals surface area contributed by atoms with Gasteiger partial charge in [0.2, 0.25) is 5.91 Å². The van der Waals surface area contributed by atoms with Crippen molar-refractivity contribution in [1.82, 2.24) is 29.0 Å². The molecule has 0 aromatic carbocycles. The van der Waals surface area contributed by atoms with Crippen LogP contribution in [0.5, 0.6) is 0 Å². The number of piperidine rings is 1. The number of amides is 1. The highest BCUT2D eigenvalue weighted by atomic mass is 32.1. The minimum Gasteiger partial charge on any atom is -0.342 e. The van der Waals surface area contributed by atoms with Crippen molar-refractivity contribution in [1.29, 1.82) is 0 Å². The van der Waals surface area contributed by atoms with E-state index in [-0.39, 0.29) is 0 Å². The van der Waals surface area contributed by atoms with E-state index in [1.807, 2.05) is 9.58 Å². The summed E-state index contributed by atoms with van der Waals surface area (Å²) in [6, 6.07) is 0. The van der Waals surface area contributed by atoms with Gasteiger partial charge in [0.05, 0.1) is 13.2 Å². The lowest BCUT2D eigenvalue weighted by atomic mass is 10.1. The van der Waals surface area contributed by atoms with Crippen LogP contribution in [0.2, 0.25) is 0 Å². The van der Waals surface area contributed by atoms with Gasteiger partial charge in [-0.05, 0) is 44.3 Å². The second-order valence-electron chi connectivity index (χ2n) is 8.14. The van der Waals surface area contributed by atoms with Crippen molar-refractivity contribution in [3.8, 4) is 0 Å². The first kappa shape index (κ1) is 19.1. The van der Waals surface area contributed by atoms with Gasteiger partial charge < -0.3 is 9.47 Å². The Labute approximate surface area is 166 Å². The number of aromatic nitrogens is 3. The molecule has 8 heteroatoms. The average Bonchev–Trinajstić information content (AvgIpc) is 2.86. The maximum absolute atomic E-state index is 12.5. The molecule has 3 aliphatic heterocycles. The summed E-state index contributed by atoms with van der Waals surface area (Å²) in [4.78, 5) is 19.2. The first-order valence-electron chi connectivity index (χ1n) is 10.6. The van der Waals surface area contributed by atoms with E-state index in [1.54, 1.807) is 0 Å². The second-order valence-corrected chi connectivity index (χ2v) is 8.50. The van der Waals surface area contributed by atoms with Crippen molar-refractivity contribution in [2.24, 2.45) is 0 Å². The third-order valence-corrected chi connectivity index (χ3v) is 6.58. The third-order valence-electron chi connectivity index (χ3n) is 6.15. The van der Waals surface area contributed by atoms with Crippen molar-refractivity contribution < 1.29 is 4.79 Å². The number of carbonyl (C=O) groups is 1. The van der Waals surface area contributed by atoms with Crippen LogP contribution in [-0.2, 0) is 24.4 Å². The molecule has 0 unspecified atom stereocenters. The molecule has 1 aromatic heterocycles. The highest BCUT2D eigenvalue weighted by Crippen LogP contribution is 2.15. The Morgan fingerprint density at radius 2 is 1.52 bits per heavy atom. The zero-order valence-corrected chi connectivity index (χ0v) is 17.1. The van der Waals surface area contributed by atoms with Gasteiger partial charge in [0, 0.05) is 52.2 Å². The van der Waals surface area contributed by atoms with Crippen molar-refractivity contribution in [2.75, 3.05) is 45.8 Å². The van der Waals surface area contributed by atoms with Crippen LogP contribution in [0.25, 0.3) is 0 Å². The summed E-state index contributed by atoms with van der Waals surface area (Å²) < 4.78 is 5.11. The molecule has 27 heavy (non-hydrogen) atoms. The molecule has 4 rings (SSSR count). The Hall–Kier alpha value is -1.25. The summed E-state index contributed by atoms with van der Waals surface area (Å²) in [5.74, 6) is 1.46. The fourth-order valence-corrected chi connectivity index (χ4v) is 4.73. The molecule has 3 aliphatic rings. The summed E-state index contributed by atoms with van der Waals surface area (Å²) in [6.45, 7) is 8.08. The lowest BCUT2D eigenvalue weighted by Gasteiger charge is -2.35. The molecule has 0 bridgehead atoms. The molecule has 0 radical (unpaired) electrons. The van der Waals surface area contributed by atoms with Gasteiger partial charge in [-0.2, -0.15) is 5.10 Å². The predicted octanol–water partition coefficient (Wildman–Crippen LogP) is 1.73. The van der Waals surface area contributed by atoms with Gasteiger partial charge in [-0.15, -0.1) is 0 Å². The number of likely N-dealkylation sites (tertiary alicyclic amines) is 1. The van der Waals surface area contributed by atoms with E-state index in [0.29, 0.717) is 12.5 Å². The van der Waals surface area contributed by atoms with E-state index < -0.39 is 0 Å². The predicted molar refractivity (Wildman–Crippen MR) is 107 cm³/mol. The monoisotopic (exact) mass is 392 g/mol. The molecule has 0 N–H and O–H groups in total. The summed E-state index contributed by atoms with van der Waals surface area (Å²) in [5, 5.41) is 4.79. The zero-order valence-electron chi connectivity index (χ0n) is 16.3. The minimum absolute atomic E-state index is 0.309. The average molecular weight is 393 g/mol. The fraction of sp³-hybridized carbons (Fsp3) is 0.842. The number of carbonyl (C=O) groups excluding carboxylic acids is 1. The number of rotatable bonds is 4. The molecular weight excluding hydrogens is 360 g/mol. The van der Waals surface area contributed by atoms with Crippen LogP contribution in [-0.4, -0.2) is 80.8 Å². The van der Waals surface area contributed by atoms with E-state index in [2.05, 4.69) is 14.4 Å². The van der Waals surface area contributed by atoms with E-state index in [1.165, 1.54) is 25.7 Å². The zero-order chi connectivity index (χ0) is 18.6. The molecule has 1 amide bonds. The summed E-state index contributed by atoms with van der Waals surface area (Å²) in [7, 11) is 0. The van der Waals surface area contributed by atoms with Gasteiger partial charge in [0.15, 0.2) is 4.77 Å². The minimum atomic E-state index is 0.309. The van der Waals surface area contributed by atoms with Crippen LogP contribution in [0.3, 0.4) is 0 Å². The maximum Gasteiger partial charge on any atom is 0.236 e. The molecule has 0 saturated carbocycles. The van der Waals surface area contributed by atoms with Crippen LogP contribution < -0.4 is 0 Å². The van der Waals surface area contributed by atoms with Gasteiger partial charge in [0.1, 0.15) is 5.82 Å². The molecule has 0 atom stereocenters. The second kappa shape index (κ2) is 8.84. The Morgan fingerprint density at radius 1 is 0.852 bits per heavy atom. The molecule has 0 aliphatic carbocycles.